The number of benzene rings is 1. The van der Waals surface area contributed by atoms with Crippen LogP contribution in [0.4, 0.5) is 0 Å². The van der Waals surface area contributed by atoms with Crippen LogP contribution in [0.5, 0.6) is 0 Å². The minimum atomic E-state index is -0.183. The normalized spacial score (nSPS) is 20.8. The van der Waals surface area contributed by atoms with Crippen molar-refractivity contribution in [2.24, 2.45) is 11.7 Å². The van der Waals surface area contributed by atoms with Crippen LogP contribution in [0.2, 0.25) is 0 Å². The van der Waals surface area contributed by atoms with Gasteiger partial charge in [-0.05, 0) is 25.0 Å². The van der Waals surface area contributed by atoms with Gasteiger partial charge in [0.1, 0.15) is 0 Å². The Labute approximate surface area is 153 Å². The van der Waals surface area contributed by atoms with Gasteiger partial charge in [-0.25, -0.2) is 4.98 Å². The van der Waals surface area contributed by atoms with Gasteiger partial charge in [-0.1, -0.05) is 12.1 Å². The third-order valence-corrected chi connectivity index (χ3v) is 5.16. The Balaban J connectivity index is 1.62. The van der Waals surface area contributed by atoms with Crippen LogP contribution < -0.4 is 5.73 Å². The number of amides is 2. The average molecular weight is 357 g/mol. The topological polar surface area (TPSA) is 84.5 Å². The van der Waals surface area contributed by atoms with E-state index in [0.717, 1.165) is 23.9 Å². The molecule has 1 aliphatic rings. The molecule has 0 bridgehead atoms. The van der Waals surface area contributed by atoms with Crippen LogP contribution in [-0.2, 0) is 16.1 Å². The molecule has 2 atom stereocenters. The first-order valence-corrected chi connectivity index (χ1v) is 9.11. The number of nitrogens with zero attached hydrogens (tertiary/aromatic N) is 4. The standard InChI is InChI=1S/C19H27N5O2/c1-14(25)24-11-15(7-8-16(20)12-24)19(26)22(2)9-10-23-13-21-17-5-3-4-6-18(17)23/h3-6,13,15-16H,7-12,20H2,1-2H3/t15-,16+/m1/s1. The van der Waals surface area contributed by atoms with E-state index in [-0.39, 0.29) is 23.8 Å². The maximum atomic E-state index is 12.9. The van der Waals surface area contributed by atoms with Gasteiger partial charge < -0.3 is 20.1 Å². The molecule has 0 unspecified atom stereocenters. The number of carbonyl (C=O) groups is 2. The largest absolute Gasteiger partial charge is 0.344 e. The first kappa shape index (κ1) is 18.4. The highest BCUT2D eigenvalue weighted by Gasteiger charge is 2.29. The predicted molar refractivity (Wildman–Crippen MR) is 100 cm³/mol. The number of rotatable bonds is 4. The first-order valence-electron chi connectivity index (χ1n) is 9.11. The highest BCUT2D eigenvalue weighted by molar-refractivity contribution is 5.80. The number of imidazole rings is 1. The average Bonchev–Trinajstić information content (AvgIpc) is 2.93. The lowest BCUT2D eigenvalue weighted by Gasteiger charge is -2.27. The van der Waals surface area contributed by atoms with Crippen molar-refractivity contribution < 1.29 is 9.59 Å². The molecule has 3 rings (SSSR count). The summed E-state index contributed by atoms with van der Waals surface area (Å²) in [4.78, 5) is 32.5. The maximum Gasteiger partial charge on any atom is 0.227 e. The maximum absolute atomic E-state index is 12.9. The zero-order valence-electron chi connectivity index (χ0n) is 15.5. The summed E-state index contributed by atoms with van der Waals surface area (Å²) in [5, 5.41) is 0. The number of hydrogen-bond acceptors (Lipinski definition) is 4. The van der Waals surface area contributed by atoms with Gasteiger partial charge >= 0.3 is 0 Å². The molecule has 1 fully saturated rings. The Hall–Kier alpha value is -2.41. The van der Waals surface area contributed by atoms with Crippen molar-refractivity contribution >= 4 is 22.8 Å². The van der Waals surface area contributed by atoms with Crippen molar-refractivity contribution in [3.8, 4) is 0 Å². The third kappa shape index (κ3) is 4.04. The van der Waals surface area contributed by atoms with Crippen LogP contribution in [0.1, 0.15) is 19.8 Å². The van der Waals surface area contributed by atoms with Gasteiger partial charge in [0, 0.05) is 46.2 Å². The van der Waals surface area contributed by atoms with Gasteiger partial charge in [-0.15, -0.1) is 0 Å². The fraction of sp³-hybridized carbons (Fsp3) is 0.526. The molecule has 26 heavy (non-hydrogen) atoms. The lowest BCUT2D eigenvalue weighted by atomic mass is 10.0. The van der Waals surface area contributed by atoms with Gasteiger partial charge in [0.15, 0.2) is 0 Å². The van der Waals surface area contributed by atoms with Gasteiger partial charge in [0.05, 0.1) is 23.3 Å². The van der Waals surface area contributed by atoms with Crippen molar-refractivity contribution in [3.63, 3.8) is 0 Å². The van der Waals surface area contributed by atoms with E-state index in [9.17, 15) is 9.59 Å². The van der Waals surface area contributed by atoms with E-state index in [1.807, 2.05) is 37.6 Å². The second-order valence-corrected chi connectivity index (χ2v) is 7.14. The Morgan fingerprint density at radius 2 is 2.04 bits per heavy atom. The van der Waals surface area contributed by atoms with Crippen molar-refractivity contribution in [1.29, 1.82) is 0 Å². The van der Waals surface area contributed by atoms with Crippen LogP contribution in [0.15, 0.2) is 30.6 Å². The second kappa shape index (κ2) is 7.86. The smallest absolute Gasteiger partial charge is 0.227 e. The fourth-order valence-corrected chi connectivity index (χ4v) is 3.55. The number of likely N-dealkylation sites (tertiary alicyclic amines) is 1. The molecule has 1 aromatic heterocycles. The van der Waals surface area contributed by atoms with Gasteiger partial charge in [-0.2, -0.15) is 0 Å². The van der Waals surface area contributed by atoms with Crippen LogP contribution in [0.3, 0.4) is 0 Å². The van der Waals surface area contributed by atoms with E-state index in [0.29, 0.717) is 26.2 Å². The van der Waals surface area contributed by atoms with E-state index in [2.05, 4.69) is 9.55 Å². The molecule has 0 radical (unpaired) electrons. The number of hydrogen-bond donors (Lipinski definition) is 1. The van der Waals surface area contributed by atoms with Crippen molar-refractivity contribution in [2.45, 2.75) is 32.4 Å². The highest BCUT2D eigenvalue weighted by atomic mass is 16.2. The number of carbonyl (C=O) groups excluding carboxylic acids is 2. The van der Waals surface area contributed by atoms with Gasteiger partial charge in [0.25, 0.3) is 0 Å². The molecule has 140 valence electrons. The summed E-state index contributed by atoms with van der Waals surface area (Å²) in [6, 6.07) is 7.90. The molecule has 1 aromatic carbocycles. The monoisotopic (exact) mass is 357 g/mol. The molecule has 2 N–H and O–H groups in total. The molecular formula is C19H27N5O2. The summed E-state index contributed by atoms with van der Waals surface area (Å²) >= 11 is 0. The Bertz CT molecular complexity index is 787. The summed E-state index contributed by atoms with van der Waals surface area (Å²) in [5.74, 6) is -0.126. The summed E-state index contributed by atoms with van der Waals surface area (Å²) in [5.41, 5.74) is 8.07. The molecular weight excluding hydrogens is 330 g/mol. The summed E-state index contributed by atoms with van der Waals surface area (Å²) in [7, 11) is 1.82. The molecule has 7 heteroatoms. The molecule has 1 aliphatic heterocycles. The van der Waals surface area contributed by atoms with Crippen LogP contribution in [0.25, 0.3) is 11.0 Å². The number of aromatic nitrogens is 2. The van der Waals surface area contributed by atoms with E-state index in [1.165, 1.54) is 6.92 Å². The zero-order chi connectivity index (χ0) is 18.7. The van der Waals surface area contributed by atoms with E-state index in [4.69, 9.17) is 5.73 Å². The first-order chi connectivity index (χ1) is 12.5. The molecule has 2 heterocycles. The Morgan fingerprint density at radius 1 is 1.27 bits per heavy atom. The molecule has 7 nitrogen and oxygen atoms in total. The number of para-hydroxylation sites is 2. The quantitative estimate of drug-likeness (QED) is 0.887. The van der Waals surface area contributed by atoms with Crippen LogP contribution in [0, 0.1) is 5.92 Å². The van der Waals surface area contributed by atoms with Crippen molar-refractivity contribution in [3.05, 3.63) is 30.6 Å². The number of nitrogens with two attached hydrogens (primary N) is 1. The Morgan fingerprint density at radius 3 is 2.81 bits per heavy atom. The van der Waals surface area contributed by atoms with Crippen LogP contribution >= 0.6 is 0 Å². The van der Waals surface area contributed by atoms with E-state index >= 15 is 0 Å². The molecule has 0 saturated carbocycles. The van der Waals surface area contributed by atoms with Crippen molar-refractivity contribution in [1.82, 2.24) is 19.4 Å². The van der Waals surface area contributed by atoms with E-state index < -0.39 is 0 Å². The summed E-state index contributed by atoms with van der Waals surface area (Å²) in [6.07, 6.45) is 3.30. The second-order valence-electron chi connectivity index (χ2n) is 7.14. The Kier molecular flexibility index (Phi) is 5.56. The van der Waals surface area contributed by atoms with E-state index in [1.54, 1.807) is 9.80 Å². The predicted octanol–water partition coefficient (Wildman–Crippen LogP) is 1.08. The third-order valence-electron chi connectivity index (χ3n) is 5.16. The zero-order valence-corrected chi connectivity index (χ0v) is 15.5. The minimum Gasteiger partial charge on any atom is -0.344 e. The van der Waals surface area contributed by atoms with Crippen molar-refractivity contribution in [2.75, 3.05) is 26.7 Å². The number of fused-ring (bicyclic) bond motifs is 1. The molecule has 0 spiro atoms. The lowest BCUT2D eigenvalue weighted by Crippen LogP contribution is -2.43. The number of likely N-dealkylation sites (N-methyl/N-ethyl adjacent to an activating group) is 1. The molecule has 2 aromatic rings. The molecule has 0 aliphatic carbocycles. The minimum absolute atomic E-state index is 0.0207. The highest BCUT2D eigenvalue weighted by Crippen LogP contribution is 2.19. The summed E-state index contributed by atoms with van der Waals surface area (Å²) < 4.78 is 2.06. The molecule has 1 saturated heterocycles. The molecule has 2 amide bonds. The fourth-order valence-electron chi connectivity index (χ4n) is 3.55. The van der Waals surface area contributed by atoms with Gasteiger partial charge in [-0.3, -0.25) is 9.59 Å². The SMILES string of the molecule is CC(=O)N1C[C@@H](N)CC[C@@H](C(=O)N(C)CCn2cnc3ccccc32)C1. The summed E-state index contributed by atoms with van der Waals surface area (Å²) in [6.45, 7) is 3.81. The lowest BCUT2D eigenvalue weighted by molar-refractivity contribution is -0.136. The van der Waals surface area contributed by atoms with Gasteiger partial charge in [0.2, 0.25) is 11.8 Å². The van der Waals surface area contributed by atoms with Crippen LogP contribution in [-0.4, -0.2) is 63.9 Å².